The first-order chi connectivity index (χ1) is 8.28. The summed E-state index contributed by atoms with van der Waals surface area (Å²) in [5.41, 5.74) is 0.493. The van der Waals surface area contributed by atoms with E-state index in [0.29, 0.717) is 0 Å². The number of nitro groups is 1. The largest absolute Gasteiger partial charge is 0.348 e. The van der Waals surface area contributed by atoms with Gasteiger partial charge in [0.25, 0.3) is 5.69 Å². The zero-order chi connectivity index (χ0) is 13.8. The van der Waals surface area contributed by atoms with Crippen LogP contribution in [0.4, 0.5) is 5.69 Å². The molecule has 0 atom stereocenters. The number of carbonyl (C=O) groups is 1. The number of carbonyl (C=O) groups excluding carboxylic acids is 1. The van der Waals surface area contributed by atoms with Crippen LogP contribution in [0.5, 0.6) is 0 Å². The van der Waals surface area contributed by atoms with Gasteiger partial charge in [-0.1, -0.05) is 0 Å². The van der Waals surface area contributed by atoms with Crippen molar-refractivity contribution < 1.29 is 9.72 Å². The van der Waals surface area contributed by atoms with E-state index in [4.69, 9.17) is 0 Å². The van der Waals surface area contributed by atoms with Crippen LogP contribution in [0.2, 0.25) is 0 Å². The van der Waals surface area contributed by atoms with Gasteiger partial charge in [0.05, 0.1) is 4.92 Å². The molecular weight excluding hydrogens is 232 g/mol. The lowest BCUT2D eigenvalue weighted by atomic mass is 10.1. The Balaban J connectivity index is 2.67. The van der Waals surface area contributed by atoms with Crippen molar-refractivity contribution >= 4 is 17.7 Å². The molecular formula is C13H16N2O3. The molecule has 0 unspecified atom stereocenters. The van der Waals surface area contributed by atoms with E-state index in [-0.39, 0.29) is 17.1 Å². The third-order valence-electron chi connectivity index (χ3n) is 2.03. The van der Waals surface area contributed by atoms with Crippen molar-refractivity contribution in [2.45, 2.75) is 26.3 Å². The molecule has 0 aromatic heterocycles. The molecule has 0 aliphatic rings. The van der Waals surface area contributed by atoms with Crippen molar-refractivity contribution in [3.8, 4) is 0 Å². The smallest absolute Gasteiger partial charge is 0.269 e. The Morgan fingerprint density at radius 1 is 1.28 bits per heavy atom. The highest BCUT2D eigenvalue weighted by Gasteiger charge is 2.11. The number of benzene rings is 1. The fourth-order valence-corrected chi connectivity index (χ4v) is 1.29. The second-order valence-corrected chi connectivity index (χ2v) is 4.92. The number of amides is 1. The Bertz CT molecular complexity index is 470. The summed E-state index contributed by atoms with van der Waals surface area (Å²) in [7, 11) is 0. The van der Waals surface area contributed by atoms with Crippen molar-refractivity contribution in [2.24, 2.45) is 0 Å². The quantitative estimate of drug-likeness (QED) is 0.507. The molecule has 18 heavy (non-hydrogen) atoms. The predicted molar refractivity (Wildman–Crippen MR) is 70.0 cm³/mol. The summed E-state index contributed by atoms with van der Waals surface area (Å²) in [6, 6.07) is 6.00. The molecule has 0 bridgehead atoms. The zero-order valence-electron chi connectivity index (χ0n) is 10.6. The summed E-state index contributed by atoms with van der Waals surface area (Å²) < 4.78 is 0. The first-order valence-corrected chi connectivity index (χ1v) is 5.52. The third kappa shape index (κ3) is 4.78. The minimum absolute atomic E-state index is 0.0336. The van der Waals surface area contributed by atoms with E-state index < -0.39 is 4.92 Å². The molecule has 0 saturated carbocycles. The minimum atomic E-state index is -0.459. The normalized spacial score (nSPS) is 11.5. The summed E-state index contributed by atoms with van der Waals surface area (Å²) in [6.07, 6.45) is 3.03. The summed E-state index contributed by atoms with van der Waals surface area (Å²) in [4.78, 5) is 21.5. The molecule has 1 N–H and O–H groups in total. The Kier molecular flexibility index (Phi) is 4.20. The van der Waals surface area contributed by atoms with Crippen LogP contribution in [0.25, 0.3) is 6.08 Å². The van der Waals surface area contributed by atoms with Gasteiger partial charge >= 0.3 is 0 Å². The maximum absolute atomic E-state index is 11.5. The molecule has 0 fully saturated rings. The Labute approximate surface area is 106 Å². The van der Waals surface area contributed by atoms with Gasteiger partial charge in [-0.25, -0.2) is 0 Å². The van der Waals surface area contributed by atoms with E-state index in [1.165, 1.54) is 18.2 Å². The number of hydrogen-bond donors (Lipinski definition) is 1. The highest BCUT2D eigenvalue weighted by molar-refractivity contribution is 5.92. The number of nitrogens with one attached hydrogen (secondary N) is 1. The number of rotatable bonds is 3. The summed E-state index contributed by atoms with van der Waals surface area (Å²) >= 11 is 0. The molecule has 0 saturated heterocycles. The molecule has 96 valence electrons. The number of non-ortho nitro benzene ring substituents is 1. The highest BCUT2D eigenvalue weighted by Crippen LogP contribution is 2.12. The van der Waals surface area contributed by atoms with Crippen molar-refractivity contribution in [3.63, 3.8) is 0 Å². The Hall–Kier alpha value is -2.17. The molecule has 1 rings (SSSR count). The minimum Gasteiger partial charge on any atom is -0.348 e. The van der Waals surface area contributed by atoms with Crippen LogP contribution in [0.15, 0.2) is 30.3 Å². The van der Waals surface area contributed by atoms with Crippen LogP contribution in [-0.2, 0) is 4.79 Å². The number of hydrogen-bond acceptors (Lipinski definition) is 3. The van der Waals surface area contributed by atoms with Gasteiger partial charge < -0.3 is 5.32 Å². The predicted octanol–water partition coefficient (Wildman–Crippen LogP) is 2.52. The van der Waals surface area contributed by atoms with Gasteiger partial charge in [-0.2, -0.15) is 0 Å². The molecule has 0 heterocycles. The van der Waals surface area contributed by atoms with Crippen LogP contribution < -0.4 is 5.32 Å². The molecule has 0 aliphatic heterocycles. The molecule has 5 nitrogen and oxygen atoms in total. The van der Waals surface area contributed by atoms with Crippen LogP contribution in [0.3, 0.4) is 0 Å². The van der Waals surface area contributed by atoms with Crippen molar-refractivity contribution in [3.05, 3.63) is 46.0 Å². The zero-order valence-corrected chi connectivity index (χ0v) is 10.6. The van der Waals surface area contributed by atoms with Gasteiger partial charge in [0, 0.05) is 23.7 Å². The summed E-state index contributed by atoms with van der Waals surface area (Å²) in [6.45, 7) is 5.68. The van der Waals surface area contributed by atoms with Gasteiger partial charge in [-0.3, -0.25) is 14.9 Å². The first kappa shape index (κ1) is 13.9. The number of nitrogens with zero attached hydrogens (tertiary/aromatic N) is 1. The van der Waals surface area contributed by atoms with E-state index in [2.05, 4.69) is 5.32 Å². The average Bonchev–Trinajstić information content (AvgIpc) is 2.24. The maximum Gasteiger partial charge on any atom is 0.269 e. The van der Waals surface area contributed by atoms with Gasteiger partial charge in [0.15, 0.2) is 0 Å². The van der Waals surface area contributed by atoms with Crippen LogP contribution in [0.1, 0.15) is 26.3 Å². The summed E-state index contributed by atoms with van der Waals surface area (Å²) in [5.74, 6) is -0.194. The Morgan fingerprint density at radius 3 is 2.28 bits per heavy atom. The first-order valence-electron chi connectivity index (χ1n) is 5.52. The fraction of sp³-hybridized carbons (Fsp3) is 0.308. The van der Waals surface area contributed by atoms with Crippen LogP contribution in [-0.4, -0.2) is 16.4 Å². The van der Waals surface area contributed by atoms with Gasteiger partial charge in [0.1, 0.15) is 0 Å². The molecule has 1 aromatic carbocycles. The lowest BCUT2D eigenvalue weighted by molar-refractivity contribution is -0.384. The van der Waals surface area contributed by atoms with Crippen LogP contribution >= 0.6 is 0 Å². The molecule has 0 spiro atoms. The van der Waals surface area contributed by atoms with Gasteiger partial charge in [-0.05, 0) is 44.5 Å². The van der Waals surface area contributed by atoms with Gasteiger partial charge in [0.2, 0.25) is 5.91 Å². The molecule has 1 aromatic rings. The third-order valence-corrected chi connectivity index (χ3v) is 2.03. The fourth-order valence-electron chi connectivity index (χ4n) is 1.29. The standard InChI is InChI=1S/C13H16N2O3/c1-13(2,3)14-12(16)9-6-10-4-7-11(8-5-10)15(17)18/h4-9H,1-3H3,(H,14,16). The van der Waals surface area contributed by atoms with E-state index in [9.17, 15) is 14.9 Å². The molecule has 0 aliphatic carbocycles. The molecule has 0 radical (unpaired) electrons. The van der Waals surface area contributed by atoms with Crippen molar-refractivity contribution in [1.29, 1.82) is 0 Å². The Morgan fingerprint density at radius 2 is 1.83 bits per heavy atom. The van der Waals surface area contributed by atoms with Crippen LogP contribution in [0, 0.1) is 10.1 Å². The lowest BCUT2D eigenvalue weighted by Crippen LogP contribution is -2.39. The maximum atomic E-state index is 11.5. The SMILES string of the molecule is CC(C)(C)NC(=O)C=Cc1ccc([N+](=O)[O-])cc1. The lowest BCUT2D eigenvalue weighted by Gasteiger charge is -2.18. The van der Waals surface area contributed by atoms with E-state index in [1.807, 2.05) is 20.8 Å². The topological polar surface area (TPSA) is 72.2 Å². The monoisotopic (exact) mass is 248 g/mol. The highest BCUT2D eigenvalue weighted by atomic mass is 16.6. The molecule has 1 amide bonds. The van der Waals surface area contributed by atoms with E-state index in [1.54, 1.807) is 18.2 Å². The van der Waals surface area contributed by atoms with Gasteiger partial charge in [-0.15, -0.1) is 0 Å². The second-order valence-electron chi connectivity index (χ2n) is 4.92. The van der Waals surface area contributed by atoms with Crippen molar-refractivity contribution in [1.82, 2.24) is 5.32 Å². The number of nitro benzene ring substituents is 1. The van der Waals surface area contributed by atoms with Crippen molar-refractivity contribution in [2.75, 3.05) is 0 Å². The molecule has 5 heteroatoms. The summed E-state index contributed by atoms with van der Waals surface area (Å²) in [5, 5.41) is 13.2. The van der Waals surface area contributed by atoms with E-state index in [0.717, 1.165) is 5.56 Å². The van der Waals surface area contributed by atoms with E-state index >= 15 is 0 Å². The average molecular weight is 248 g/mol. The second kappa shape index (κ2) is 5.44.